The summed E-state index contributed by atoms with van der Waals surface area (Å²) in [6.07, 6.45) is 3.52. The molecule has 4 N–H and O–H groups in total. The number of piperidine rings is 1. The van der Waals surface area contributed by atoms with E-state index in [0.717, 1.165) is 12.4 Å². The minimum absolute atomic E-state index is 0.0951. The Hall–Kier alpha value is -3.54. The van der Waals surface area contributed by atoms with E-state index in [9.17, 15) is 18.3 Å². The van der Waals surface area contributed by atoms with Gasteiger partial charge in [0.05, 0.1) is 18.0 Å². The van der Waals surface area contributed by atoms with Gasteiger partial charge in [-0.1, -0.05) is 0 Å². The van der Waals surface area contributed by atoms with Gasteiger partial charge in [-0.05, 0) is 38.1 Å². The lowest BCUT2D eigenvalue weighted by Gasteiger charge is -2.43. The highest BCUT2D eigenvalue weighted by Gasteiger charge is 2.37. The summed E-state index contributed by atoms with van der Waals surface area (Å²) >= 11 is 0. The van der Waals surface area contributed by atoms with Crippen LogP contribution in [0.2, 0.25) is 0 Å². The molecule has 3 aromatic heterocycles. The maximum atomic E-state index is 13.2. The molecule has 0 aliphatic carbocycles. The molecule has 3 aromatic rings. The zero-order valence-corrected chi connectivity index (χ0v) is 18.7. The molecule has 0 saturated carbocycles. The van der Waals surface area contributed by atoms with Gasteiger partial charge in [0, 0.05) is 43.5 Å². The number of nitrogens with two attached hydrogens (primary N) is 1. The molecule has 1 aliphatic rings. The monoisotopic (exact) mass is 474 g/mol. The predicted molar refractivity (Wildman–Crippen MR) is 120 cm³/mol. The van der Waals surface area contributed by atoms with Gasteiger partial charge in [0.1, 0.15) is 11.5 Å². The molecule has 1 aliphatic heterocycles. The summed E-state index contributed by atoms with van der Waals surface area (Å²) in [4.78, 5) is 18.4. The van der Waals surface area contributed by atoms with Crippen LogP contribution in [0, 0.1) is 17.2 Å². The summed E-state index contributed by atoms with van der Waals surface area (Å²) in [7, 11) is 0. The van der Waals surface area contributed by atoms with Crippen molar-refractivity contribution in [3.8, 4) is 11.5 Å². The lowest BCUT2D eigenvalue weighted by molar-refractivity contribution is -0.141. The second-order valence-corrected chi connectivity index (χ2v) is 8.88. The van der Waals surface area contributed by atoms with Crippen LogP contribution in [-0.2, 0) is 6.18 Å². The van der Waals surface area contributed by atoms with Crippen molar-refractivity contribution in [3.63, 3.8) is 0 Å². The van der Waals surface area contributed by atoms with Crippen LogP contribution in [-0.4, -0.2) is 54.3 Å². The predicted octanol–water partition coefficient (Wildman–Crippen LogP) is 2.91. The second-order valence-electron chi connectivity index (χ2n) is 8.88. The number of alkyl halides is 3. The Morgan fingerprint density at radius 1 is 1.21 bits per heavy atom. The Labute approximate surface area is 193 Å². The molecule has 1 saturated heterocycles. The lowest BCUT2D eigenvalue weighted by atomic mass is 9.77. The number of hydrogen-bond donors (Lipinski definition) is 3. The van der Waals surface area contributed by atoms with Crippen molar-refractivity contribution in [1.82, 2.24) is 24.3 Å². The molecule has 0 radical (unpaired) electrons. The van der Waals surface area contributed by atoms with E-state index in [-0.39, 0.29) is 23.3 Å². The van der Waals surface area contributed by atoms with Crippen LogP contribution in [0.15, 0.2) is 42.6 Å². The third-order valence-electron chi connectivity index (χ3n) is 6.16. The van der Waals surface area contributed by atoms with Crippen molar-refractivity contribution in [2.45, 2.75) is 32.0 Å². The normalized spacial score (nSPS) is 20.1. The highest BCUT2D eigenvalue weighted by Crippen LogP contribution is 2.35. The average molecular weight is 474 g/mol. The molecule has 0 aromatic carbocycles. The molecular weight excluding hydrogens is 449 g/mol. The molecule has 12 heteroatoms. The van der Waals surface area contributed by atoms with E-state index >= 15 is 0 Å². The van der Waals surface area contributed by atoms with Gasteiger partial charge in [0.25, 0.3) is 0 Å². The number of fused-ring (bicyclic) bond motifs is 1. The fourth-order valence-corrected chi connectivity index (χ4v) is 4.19. The van der Waals surface area contributed by atoms with Gasteiger partial charge in [-0.2, -0.15) is 13.2 Å². The van der Waals surface area contributed by atoms with E-state index in [1.807, 2.05) is 4.90 Å². The molecule has 4 heterocycles. The minimum Gasteiger partial charge on any atom is -0.404 e. The van der Waals surface area contributed by atoms with E-state index in [4.69, 9.17) is 11.1 Å². The highest BCUT2D eigenvalue weighted by atomic mass is 19.4. The SMILES string of the molecule is CC(C)(O)C1CC(/C(C=N)=C/N)CN(c2ccnc(-c3cnc4cnc(C(F)(F)F)cn34)n2)C1. The van der Waals surface area contributed by atoms with E-state index in [1.165, 1.54) is 29.2 Å². The zero-order chi connectivity index (χ0) is 24.7. The summed E-state index contributed by atoms with van der Waals surface area (Å²) in [6, 6.07) is 1.70. The number of nitrogens with one attached hydrogen (secondary N) is 1. The Kier molecular flexibility index (Phi) is 6.02. The van der Waals surface area contributed by atoms with Crippen LogP contribution in [0.3, 0.4) is 0 Å². The average Bonchev–Trinajstić information content (AvgIpc) is 3.22. The molecular formula is C22H25F3N8O. The number of halogens is 3. The number of aliphatic hydroxyl groups is 1. The van der Waals surface area contributed by atoms with Gasteiger partial charge >= 0.3 is 6.18 Å². The third kappa shape index (κ3) is 4.58. The summed E-state index contributed by atoms with van der Waals surface area (Å²) in [5.74, 6) is 0.524. The third-order valence-corrected chi connectivity index (χ3v) is 6.16. The Bertz CT molecular complexity index is 1230. The van der Waals surface area contributed by atoms with Crippen LogP contribution in [0.5, 0.6) is 0 Å². The van der Waals surface area contributed by atoms with Crippen LogP contribution in [0.1, 0.15) is 26.0 Å². The van der Waals surface area contributed by atoms with Gasteiger partial charge in [0.2, 0.25) is 0 Å². The molecule has 0 spiro atoms. The highest BCUT2D eigenvalue weighted by molar-refractivity contribution is 5.76. The molecule has 34 heavy (non-hydrogen) atoms. The topological polar surface area (TPSA) is 129 Å². The van der Waals surface area contributed by atoms with Gasteiger partial charge in [-0.15, -0.1) is 0 Å². The summed E-state index contributed by atoms with van der Waals surface area (Å²) < 4.78 is 40.8. The van der Waals surface area contributed by atoms with Crippen molar-refractivity contribution < 1.29 is 18.3 Å². The van der Waals surface area contributed by atoms with Crippen LogP contribution < -0.4 is 10.6 Å². The zero-order valence-electron chi connectivity index (χ0n) is 18.7. The van der Waals surface area contributed by atoms with Gasteiger partial charge in [-0.25, -0.2) is 19.9 Å². The van der Waals surface area contributed by atoms with E-state index in [0.29, 0.717) is 36.6 Å². The Balaban J connectivity index is 1.72. The fraction of sp³-hybridized carbons (Fsp3) is 0.409. The quantitative estimate of drug-likeness (QED) is 0.485. The number of hydrogen-bond acceptors (Lipinski definition) is 8. The van der Waals surface area contributed by atoms with Crippen LogP contribution in [0.25, 0.3) is 17.2 Å². The Morgan fingerprint density at radius 3 is 2.62 bits per heavy atom. The van der Waals surface area contributed by atoms with E-state index in [2.05, 4.69) is 19.9 Å². The molecule has 0 amide bonds. The number of aromatic nitrogens is 5. The first kappa shape index (κ1) is 23.6. The van der Waals surface area contributed by atoms with Crippen LogP contribution in [0.4, 0.5) is 19.0 Å². The second kappa shape index (κ2) is 8.67. The first-order chi connectivity index (χ1) is 16.0. The molecule has 180 valence electrons. The smallest absolute Gasteiger partial charge is 0.404 e. The molecule has 1 fully saturated rings. The van der Waals surface area contributed by atoms with Crippen LogP contribution >= 0.6 is 0 Å². The minimum atomic E-state index is -4.60. The Morgan fingerprint density at radius 2 is 1.97 bits per heavy atom. The van der Waals surface area contributed by atoms with Crippen molar-refractivity contribution in [2.24, 2.45) is 17.6 Å². The summed E-state index contributed by atoms with van der Waals surface area (Å²) in [5.41, 5.74) is 4.88. The first-order valence-electron chi connectivity index (χ1n) is 10.6. The molecule has 0 bridgehead atoms. The number of rotatable bonds is 5. The van der Waals surface area contributed by atoms with Gasteiger partial charge < -0.3 is 21.1 Å². The van der Waals surface area contributed by atoms with E-state index < -0.39 is 17.5 Å². The standard InChI is InChI=1S/C22H25F3N8O/c1-21(2,34)15-5-13(14(6-26)7-27)10-32(11-15)18-3-4-28-20(31-18)16-8-30-19-9-29-17(12-33(16)19)22(23,24)25/h3-4,6-9,12-13,15,26,34H,5,10-11,27H2,1-2H3/b14-7+,26-6?. The van der Waals surface area contributed by atoms with Crippen molar-refractivity contribution >= 4 is 17.7 Å². The maximum absolute atomic E-state index is 13.2. The maximum Gasteiger partial charge on any atom is 0.434 e. The van der Waals surface area contributed by atoms with Gasteiger partial charge in [-0.3, -0.25) is 4.40 Å². The number of nitrogens with zero attached hydrogens (tertiary/aromatic N) is 6. The molecule has 2 atom stereocenters. The molecule has 2 unspecified atom stereocenters. The molecule has 4 rings (SSSR count). The lowest BCUT2D eigenvalue weighted by Crippen LogP contribution is -2.49. The number of anilines is 1. The van der Waals surface area contributed by atoms with Gasteiger partial charge in [0.15, 0.2) is 17.2 Å². The molecule has 9 nitrogen and oxygen atoms in total. The largest absolute Gasteiger partial charge is 0.434 e. The fourth-order valence-electron chi connectivity index (χ4n) is 4.19. The summed E-state index contributed by atoms with van der Waals surface area (Å²) in [6.45, 7) is 4.49. The first-order valence-corrected chi connectivity index (χ1v) is 10.6. The van der Waals surface area contributed by atoms with Crippen molar-refractivity contribution in [2.75, 3.05) is 18.0 Å². The van der Waals surface area contributed by atoms with Crippen molar-refractivity contribution in [3.05, 3.63) is 48.3 Å². The van der Waals surface area contributed by atoms with Crippen molar-refractivity contribution in [1.29, 1.82) is 5.41 Å². The number of imidazole rings is 1. The summed E-state index contributed by atoms with van der Waals surface area (Å²) in [5, 5.41) is 18.4. The van der Waals surface area contributed by atoms with E-state index in [1.54, 1.807) is 19.9 Å².